The van der Waals surface area contributed by atoms with Gasteiger partial charge in [-0.15, -0.1) is 15.3 Å². The number of carbonyl (C=O) groups excluding carboxylic acids is 4. The molecule has 6 fully saturated rings. The number of ether oxygens (including phenoxy) is 1. The quantitative estimate of drug-likeness (QED) is 0.0594. The van der Waals surface area contributed by atoms with Gasteiger partial charge in [-0.1, -0.05) is 0 Å². The number of nitrogens with one attached hydrogen (secondary N) is 3. The molecule has 0 radical (unpaired) electrons. The molecule has 12 rings (SSSR count). The normalized spacial score (nSPS) is 18.2. The molecule has 3 aromatic carbocycles. The van der Waals surface area contributed by atoms with E-state index in [1.165, 1.54) is 42.7 Å². The van der Waals surface area contributed by atoms with Crippen molar-refractivity contribution in [3.8, 4) is 33.8 Å². The number of hydrogen-bond acceptors (Lipinski definition) is 26. The van der Waals surface area contributed by atoms with Crippen LogP contribution in [0.15, 0.2) is 91.4 Å². The molecule has 107 heavy (non-hydrogen) atoms. The first-order valence-electron chi connectivity index (χ1n) is 37.4. The van der Waals surface area contributed by atoms with E-state index >= 15 is 0 Å². The predicted octanol–water partition coefficient (Wildman–Crippen LogP) is 3.66. The third kappa shape index (κ3) is 27.3. The van der Waals surface area contributed by atoms with Crippen molar-refractivity contribution in [3.05, 3.63) is 109 Å². The maximum atomic E-state index is 13.2. The zero-order valence-corrected chi connectivity index (χ0v) is 63.0. The molecule has 6 aliphatic rings. The Kier molecular flexibility index (Phi) is 30.3. The molecule has 29 nitrogen and oxygen atoms in total. The molecule has 580 valence electrons. The Morgan fingerprint density at radius 2 is 0.748 bits per heavy atom. The number of halogens is 3. The number of likely N-dealkylation sites (tertiary alicyclic amines) is 3. The first-order chi connectivity index (χ1) is 51.5. The van der Waals surface area contributed by atoms with Gasteiger partial charge < -0.3 is 55.8 Å². The minimum Gasteiger partial charge on any atom is -0.460 e. The molecule has 3 amide bonds. The monoisotopic (exact) mass is 1500 g/mol. The van der Waals surface area contributed by atoms with Crippen molar-refractivity contribution < 1.29 is 45.5 Å². The third-order valence-electron chi connectivity index (χ3n) is 19.7. The Bertz CT molecular complexity index is 3880. The maximum absolute atomic E-state index is 13.2. The Balaban J connectivity index is 0.000000172. The van der Waals surface area contributed by atoms with E-state index in [-0.39, 0.29) is 65.0 Å². The maximum Gasteiger partial charge on any atom is 0.306 e. The highest BCUT2D eigenvalue weighted by Crippen LogP contribution is 2.24. The van der Waals surface area contributed by atoms with Crippen LogP contribution in [-0.2, 0) is 33.8 Å². The lowest BCUT2D eigenvalue weighted by atomic mass is 10.0. The van der Waals surface area contributed by atoms with Crippen molar-refractivity contribution in [2.75, 3.05) is 190 Å². The van der Waals surface area contributed by atoms with E-state index in [4.69, 9.17) is 10.5 Å². The van der Waals surface area contributed by atoms with E-state index in [0.29, 0.717) is 100 Å². The zero-order chi connectivity index (χ0) is 75.7. The molecule has 6 saturated heterocycles. The van der Waals surface area contributed by atoms with Crippen LogP contribution in [0, 0.1) is 17.5 Å². The molecular weight excluding hydrogens is 1400 g/mol. The molecule has 6 aliphatic heterocycles. The minimum atomic E-state index is -2.91. The van der Waals surface area contributed by atoms with Gasteiger partial charge in [0.2, 0.25) is 35.6 Å². The molecule has 3 aromatic heterocycles. The fourth-order valence-corrected chi connectivity index (χ4v) is 14.4. The van der Waals surface area contributed by atoms with Crippen LogP contribution >= 0.6 is 0 Å². The van der Waals surface area contributed by atoms with Gasteiger partial charge in [-0.25, -0.2) is 36.5 Å². The highest BCUT2D eigenvalue weighted by molar-refractivity contribution is 7.90. The standard InChI is InChI=1S/C28H40FN7O3.C24H34FN7O3S.C22H31FN8O/c1-28(2,3)39-26(38)5-4-12-34-13-10-23(11-14-34)31-25(37)20-35-15-17-36(18-16-35)27-32-24(19-30-33-27)21-6-8-22(29)9-7-21;1-36(34,35)16-2-9-30-10-7-21(8-11-30)27-23(33)18-31-12-14-32(15-13-31)24-28-22(17-26-29-24)19-3-5-20(25)6-4-19;23-18-3-1-17(2-4-18)20-15-25-28-22(27-20)31-13-11-30(12-14-31)16-21(32)26-19-5-8-29(9-6-19)10-7-24/h6-9,19,23H,4-5,10-18,20H2,1-3H3,(H,31,37);3-6,17,21H,2,7-16,18H2,1H3,(H,27,33);1-4,15,19H,5-14,16,24H2,(H,26,32). The summed E-state index contributed by atoms with van der Waals surface area (Å²) in [6.07, 6.45) is 13.4. The number of rotatable bonds is 25. The second-order valence-electron chi connectivity index (χ2n) is 29.2. The molecule has 5 N–H and O–H groups in total. The van der Waals surface area contributed by atoms with Crippen molar-refractivity contribution in [2.24, 2.45) is 5.73 Å². The first-order valence-corrected chi connectivity index (χ1v) is 39.5. The van der Waals surface area contributed by atoms with E-state index < -0.39 is 15.4 Å². The Morgan fingerprint density at radius 3 is 1.04 bits per heavy atom. The second kappa shape index (κ2) is 40.0. The Morgan fingerprint density at radius 1 is 0.449 bits per heavy atom. The van der Waals surface area contributed by atoms with Gasteiger partial charge in [0.25, 0.3) is 0 Å². The van der Waals surface area contributed by atoms with Crippen LogP contribution in [0.1, 0.15) is 78.6 Å². The lowest BCUT2D eigenvalue weighted by Crippen LogP contribution is -2.52. The van der Waals surface area contributed by atoms with Crippen LogP contribution in [0.3, 0.4) is 0 Å². The van der Waals surface area contributed by atoms with Crippen LogP contribution in [0.4, 0.5) is 31.0 Å². The number of hydrogen-bond donors (Lipinski definition) is 4. The number of piperidine rings is 3. The summed E-state index contributed by atoms with van der Waals surface area (Å²) in [4.78, 5) is 83.1. The van der Waals surface area contributed by atoms with Crippen LogP contribution in [0.5, 0.6) is 0 Å². The topological polar surface area (TPSA) is 319 Å². The van der Waals surface area contributed by atoms with Gasteiger partial charge in [-0.3, -0.25) is 33.9 Å². The molecule has 9 heterocycles. The van der Waals surface area contributed by atoms with Crippen molar-refractivity contribution in [1.82, 2.24) is 90.9 Å². The van der Waals surface area contributed by atoms with Crippen molar-refractivity contribution in [3.63, 3.8) is 0 Å². The van der Waals surface area contributed by atoms with Crippen LogP contribution in [0.2, 0.25) is 0 Å². The Labute approximate surface area is 625 Å². The number of piperazine rings is 3. The summed E-state index contributed by atoms with van der Waals surface area (Å²) in [6.45, 7) is 24.2. The van der Waals surface area contributed by atoms with E-state index in [2.05, 4.69) is 101 Å². The second-order valence-corrected chi connectivity index (χ2v) is 31.5. The van der Waals surface area contributed by atoms with Gasteiger partial charge in [0.05, 0.1) is 61.1 Å². The number of esters is 1. The van der Waals surface area contributed by atoms with Gasteiger partial charge in [-0.2, -0.15) is 15.3 Å². The fourth-order valence-electron chi connectivity index (χ4n) is 13.8. The van der Waals surface area contributed by atoms with Crippen LogP contribution < -0.4 is 36.4 Å². The summed E-state index contributed by atoms with van der Waals surface area (Å²) in [7, 11) is -2.91. The van der Waals surface area contributed by atoms with Gasteiger partial charge >= 0.3 is 5.97 Å². The van der Waals surface area contributed by atoms with Crippen LogP contribution in [0.25, 0.3) is 33.8 Å². The SMILES string of the molecule is CC(C)(C)OC(=O)CCCN1CCC(NC(=O)CN2CCN(c3nncc(-c4ccc(F)cc4)n3)CC2)CC1.CS(=O)(=O)CCCN1CCC(NC(=O)CN2CCN(c3nncc(-c4ccc(F)cc4)n3)CC2)CC1.NCCN1CCC(NC(=O)CN2CCN(c3nncc(-c4ccc(F)cc4)n3)CC2)CC1. The number of benzene rings is 3. The number of anilines is 3. The van der Waals surface area contributed by atoms with Gasteiger partial charge in [-0.05, 0) is 158 Å². The molecule has 0 aliphatic carbocycles. The van der Waals surface area contributed by atoms with E-state index in [9.17, 15) is 40.8 Å². The van der Waals surface area contributed by atoms with Gasteiger partial charge in [0, 0.05) is 178 Å². The van der Waals surface area contributed by atoms with Gasteiger partial charge in [0.15, 0.2) is 0 Å². The van der Waals surface area contributed by atoms with Crippen molar-refractivity contribution >= 4 is 51.4 Å². The Hall–Kier alpha value is -8.57. The van der Waals surface area contributed by atoms with Crippen LogP contribution in [-0.4, -0.2) is 306 Å². The summed E-state index contributed by atoms with van der Waals surface area (Å²) in [5.41, 5.74) is 9.50. The van der Waals surface area contributed by atoms with Gasteiger partial charge in [0.1, 0.15) is 32.9 Å². The fraction of sp³-hybridized carbons (Fsp3) is 0.581. The lowest BCUT2D eigenvalue weighted by Gasteiger charge is -2.35. The highest BCUT2D eigenvalue weighted by atomic mass is 32.2. The highest BCUT2D eigenvalue weighted by Gasteiger charge is 2.30. The molecule has 0 saturated carbocycles. The number of nitrogens with zero attached hydrogens (tertiary/aromatic N) is 18. The first kappa shape index (κ1) is 81.0. The minimum absolute atomic E-state index is 0.0372. The van der Waals surface area contributed by atoms with E-state index in [0.717, 1.165) is 173 Å². The molecular formula is C74H105F3N22O7S. The molecule has 0 spiro atoms. The lowest BCUT2D eigenvalue weighted by molar-refractivity contribution is -0.155. The van der Waals surface area contributed by atoms with Crippen molar-refractivity contribution in [2.45, 2.75) is 102 Å². The largest absolute Gasteiger partial charge is 0.460 e. The molecule has 33 heteroatoms. The summed E-state index contributed by atoms with van der Waals surface area (Å²) >= 11 is 0. The average molecular weight is 1500 g/mol. The number of sulfone groups is 1. The number of nitrogens with two attached hydrogens (primary N) is 1. The predicted molar refractivity (Wildman–Crippen MR) is 403 cm³/mol. The number of aromatic nitrogens is 9. The summed E-state index contributed by atoms with van der Waals surface area (Å²) < 4.78 is 67.6. The molecule has 0 unspecified atom stereocenters. The number of amides is 3. The third-order valence-corrected chi connectivity index (χ3v) is 20.7. The van der Waals surface area contributed by atoms with E-state index in [1.54, 1.807) is 55.0 Å². The smallest absolute Gasteiger partial charge is 0.306 e. The zero-order valence-electron chi connectivity index (χ0n) is 62.2. The van der Waals surface area contributed by atoms with Crippen molar-refractivity contribution in [1.29, 1.82) is 0 Å². The molecule has 0 bridgehead atoms. The number of carbonyl (C=O) groups is 4. The molecule has 0 atom stereocenters. The summed E-state index contributed by atoms with van der Waals surface area (Å²) in [5.74, 6) is 1.02. The average Bonchev–Trinajstić information content (AvgIpc) is 0.837. The summed E-state index contributed by atoms with van der Waals surface area (Å²) in [5, 5.41) is 34.3. The molecule has 6 aromatic rings. The summed E-state index contributed by atoms with van der Waals surface area (Å²) in [6, 6.07) is 19.1. The van der Waals surface area contributed by atoms with E-state index in [1.807, 2.05) is 25.7 Å².